The summed E-state index contributed by atoms with van der Waals surface area (Å²) in [6.07, 6.45) is 7.02. The van der Waals surface area contributed by atoms with Crippen molar-refractivity contribution in [3.8, 4) is 0 Å². The normalized spacial score (nSPS) is 14.3. The maximum Gasteiger partial charge on any atom is 0.266 e. The zero-order valence-electron chi connectivity index (χ0n) is 17.4. The molecule has 1 aromatic heterocycles. The summed E-state index contributed by atoms with van der Waals surface area (Å²) in [5.41, 5.74) is 1.60. The lowest BCUT2D eigenvalue weighted by molar-refractivity contribution is 0.0938. The predicted octanol–water partition coefficient (Wildman–Crippen LogP) is 4.80. The van der Waals surface area contributed by atoms with Gasteiger partial charge in [0.1, 0.15) is 4.90 Å². The Morgan fingerprint density at radius 2 is 1.81 bits per heavy atom. The van der Waals surface area contributed by atoms with Gasteiger partial charge in [0.05, 0.1) is 12.2 Å². The van der Waals surface area contributed by atoms with Crippen LogP contribution < -0.4 is 9.62 Å². The highest BCUT2D eigenvalue weighted by Gasteiger charge is 2.26. The topological polar surface area (TPSA) is 79.4 Å². The van der Waals surface area contributed by atoms with E-state index in [2.05, 4.69) is 10.3 Å². The lowest BCUT2D eigenvalue weighted by Crippen LogP contribution is -2.33. The number of carbonyl (C=O) groups excluding carboxylic acids is 1. The van der Waals surface area contributed by atoms with Gasteiger partial charge < -0.3 is 5.32 Å². The fourth-order valence-corrected chi connectivity index (χ4v) is 5.37. The van der Waals surface area contributed by atoms with Gasteiger partial charge in [0.15, 0.2) is 0 Å². The Bertz CT molecular complexity index is 1180. The molecular formula is C24H24ClN3O3S. The Labute approximate surface area is 193 Å². The van der Waals surface area contributed by atoms with Crippen LogP contribution in [-0.4, -0.2) is 25.4 Å². The zero-order chi connectivity index (χ0) is 22.6. The van der Waals surface area contributed by atoms with Crippen molar-refractivity contribution in [2.24, 2.45) is 0 Å². The molecule has 1 N–H and O–H groups in total. The van der Waals surface area contributed by atoms with Crippen molar-refractivity contribution >= 4 is 33.2 Å². The van der Waals surface area contributed by atoms with Crippen LogP contribution in [0.1, 0.15) is 41.6 Å². The molecule has 166 valence electrons. The van der Waals surface area contributed by atoms with E-state index in [1.165, 1.54) is 22.8 Å². The fraction of sp³-hybridized carbons (Fsp3) is 0.250. The first-order valence-electron chi connectivity index (χ1n) is 10.5. The van der Waals surface area contributed by atoms with Gasteiger partial charge in [-0.15, -0.1) is 0 Å². The molecule has 0 bridgehead atoms. The summed E-state index contributed by atoms with van der Waals surface area (Å²) in [5, 5.41) is 3.63. The highest BCUT2D eigenvalue weighted by Crippen LogP contribution is 2.27. The third-order valence-electron chi connectivity index (χ3n) is 5.55. The van der Waals surface area contributed by atoms with Crippen molar-refractivity contribution in [1.82, 2.24) is 10.3 Å². The molecule has 0 aliphatic heterocycles. The van der Waals surface area contributed by atoms with E-state index in [0.29, 0.717) is 16.3 Å². The number of hydrogen-bond donors (Lipinski definition) is 1. The van der Waals surface area contributed by atoms with E-state index in [4.69, 9.17) is 11.6 Å². The first kappa shape index (κ1) is 22.3. The van der Waals surface area contributed by atoms with Crippen LogP contribution in [0, 0.1) is 0 Å². The highest BCUT2D eigenvalue weighted by molar-refractivity contribution is 7.92. The van der Waals surface area contributed by atoms with Gasteiger partial charge in [-0.05, 0) is 60.9 Å². The summed E-state index contributed by atoms with van der Waals surface area (Å²) in [6.45, 7) is 0.0854. The third kappa shape index (κ3) is 5.11. The van der Waals surface area contributed by atoms with Gasteiger partial charge >= 0.3 is 0 Å². The van der Waals surface area contributed by atoms with Gasteiger partial charge in [-0.3, -0.25) is 14.1 Å². The van der Waals surface area contributed by atoms with E-state index in [1.54, 1.807) is 54.6 Å². The molecule has 0 atom stereocenters. The van der Waals surface area contributed by atoms with Crippen LogP contribution in [-0.2, 0) is 16.6 Å². The number of rotatable bonds is 7. The maximum absolute atomic E-state index is 13.5. The molecule has 0 radical (unpaired) electrons. The highest BCUT2D eigenvalue weighted by atomic mass is 35.5. The molecule has 6 nitrogen and oxygen atoms in total. The molecule has 4 rings (SSSR count). The van der Waals surface area contributed by atoms with Gasteiger partial charge in [-0.2, -0.15) is 0 Å². The Balaban J connectivity index is 1.69. The van der Waals surface area contributed by atoms with E-state index in [1.807, 2.05) is 0 Å². The number of amides is 1. The minimum Gasteiger partial charge on any atom is -0.349 e. The molecule has 8 heteroatoms. The number of hydrogen-bond acceptors (Lipinski definition) is 4. The number of carbonyl (C=O) groups is 1. The van der Waals surface area contributed by atoms with E-state index in [9.17, 15) is 13.2 Å². The van der Waals surface area contributed by atoms with Crippen molar-refractivity contribution < 1.29 is 13.2 Å². The number of halogens is 1. The summed E-state index contributed by atoms with van der Waals surface area (Å²) in [5.74, 6) is -0.191. The summed E-state index contributed by atoms with van der Waals surface area (Å²) in [4.78, 5) is 16.8. The zero-order valence-corrected chi connectivity index (χ0v) is 19.0. The number of pyridine rings is 1. The molecule has 1 saturated carbocycles. The van der Waals surface area contributed by atoms with Crippen LogP contribution in [0.5, 0.6) is 0 Å². The summed E-state index contributed by atoms with van der Waals surface area (Å²) in [6, 6.07) is 17.0. The van der Waals surface area contributed by atoms with Crippen LogP contribution in [0.3, 0.4) is 0 Å². The number of anilines is 1. The molecular weight excluding hydrogens is 446 g/mol. The van der Waals surface area contributed by atoms with Gasteiger partial charge in [-0.25, -0.2) is 8.42 Å². The van der Waals surface area contributed by atoms with E-state index in [-0.39, 0.29) is 23.4 Å². The Morgan fingerprint density at radius 3 is 2.50 bits per heavy atom. The smallest absolute Gasteiger partial charge is 0.266 e. The second-order valence-corrected chi connectivity index (χ2v) is 10.1. The minimum atomic E-state index is -3.92. The molecule has 1 fully saturated rings. The molecule has 32 heavy (non-hydrogen) atoms. The molecule has 1 aliphatic carbocycles. The average Bonchev–Trinajstić information content (AvgIpc) is 3.32. The summed E-state index contributed by atoms with van der Waals surface area (Å²) in [7, 11) is -3.92. The molecule has 3 aromatic rings. The number of benzene rings is 2. The standard InChI is InChI=1S/C24H24ClN3O3S/c25-20-12-10-18(11-13-20)17-28(32(30,31)23-9-4-14-26-16-23)22-8-3-5-19(15-22)24(29)27-21-6-1-2-7-21/h3-5,8-16,21H,1-2,6-7,17H2,(H,27,29). The Kier molecular flexibility index (Phi) is 6.77. The van der Waals surface area contributed by atoms with E-state index in [0.717, 1.165) is 31.2 Å². The molecule has 0 unspecified atom stereocenters. The molecule has 0 spiro atoms. The lowest BCUT2D eigenvalue weighted by Gasteiger charge is -2.25. The third-order valence-corrected chi connectivity index (χ3v) is 7.56. The number of aromatic nitrogens is 1. The number of nitrogens with one attached hydrogen (secondary N) is 1. The van der Waals surface area contributed by atoms with Crippen LogP contribution in [0.25, 0.3) is 0 Å². The Hall–Kier alpha value is -2.90. The maximum atomic E-state index is 13.5. The molecule has 1 amide bonds. The van der Waals surface area contributed by atoms with Crippen molar-refractivity contribution in [2.45, 2.75) is 43.2 Å². The summed E-state index contributed by atoms with van der Waals surface area (Å²) < 4.78 is 28.3. The SMILES string of the molecule is O=C(NC1CCCC1)c1cccc(N(Cc2ccc(Cl)cc2)S(=O)(=O)c2cccnc2)c1. The van der Waals surface area contributed by atoms with Crippen LogP contribution in [0.15, 0.2) is 78.0 Å². The van der Waals surface area contributed by atoms with E-state index < -0.39 is 10.0 Å². The van der Waals surface area contributed by atoms with Crippen molar-refractivity contribution in [2.75, 3.05) is 4.31 Å². The first-order valence-corrected chi connectivity index (χ1v) is 12.3. The average molecular weight is 470 g/mol. The fourth-order valence-electron chi connectivity index (χ4n) is 3.84. The van der Waals surface area contributed by atoms with Crippen molar-refractivity contribution in [3.63, 3.8) is 0 Å². The number of sulfonamides is 1. The van der Waals surface area contributed by atoms with Crippen LogP contribution in [0.2, 0.25) is 5.02 Å². The van der Waals surface area contributed by atoms with Crippen molar-refractivity contribution in [3.05, 3.63) is 89.2 Å². The van der Waals surface area contributed by atoms with Gasteiger partial charge in [0, 0.05) is 29.0 Å². The van der Waals surface area contributed by atoms with Crippen molar-refractivity contribution in [1.29, 1.82) is 0 Å². The second kappa shape index (κ2) is 9.71. The number of nitrogens with zero attached hydrogens (tertiary/aromatic N) is 2. The van der Waals surface area contributed by atoms with Gasteiger partial charge in [0.25, 0.3) is 15.9 Å². The molecule has 1 aliphatic rings. The van der Waals surface area contributed by atoms with E-state index >= 15 is 0 Å². The van der Waals surface area contributed by atoms with Gasteiger partial charge in [-0.1, -0.05) is 42.6 Å². The van der Waals surface area contributed by atoms with Crippen LogP contribution in [0.4, 0.5) is 5.69 Å². The van der Waals surface area contributed by atoms with Crippen LogP contribution >= 0.6 is 11.6 Å². The van der Waals surface area contributed by atoms with Gasteiger partial charge in [0.2, 0.25) is 0 Å². The molecule has 0 saturated heterocycles. The Morgan fingerprint density at radius 1 is 1.06 bits per heavy atom. The first-order chi connectivity index (χ1) is 15.4. The lowest BCUT2D eigenvalue weighted by atomic mass is 10.1. The second-order valence-electron chi connectivity index (χ2n) is 7.83. The molecule has 1 heterocycles. The minimum absolute atomic E-state index is 0.0785. The quantitative estimate of drug-likeness (QED) is 0.538. The molecule has 2 aromatic carbocycles. The monoisotopic (exact) mass is 469 g/mol. The predicted molar refractivity (Wildman–Crippen MR) is 125 cm³/mol. The largest absolute Gasteiger partial charge is 0.349 e. The summed E-state index contributed by atoms with van der Waals surface area (Å²) >= 11 is 5.99.